The van der Waals surface area contributed by atoms with Crippen molar-refractivity contribution in [1.82, 2.24) is 34.9 Å². The summed E-state index contributed by atoms with van der Waals surface area (Å²) >= 11 is 0. The SMILES string of the molecule is CC1(C)c2ccccc2-c2nc3ccccc3c(-c3ccc(-c4ccc5cc(-c6nc(-c7ccc(-c8ccccc8)cc7)cc(-c7ccc(-c8ccccc8)cc7)n6)ccc5c4)cc3)c21.CC1(C)c2ccccc2-c2nc3ccccc3c(-c3ccc(-c4ccc5cc(-c6nc(-c7ccc(-c8ccccc8)cc7)nc(-c7ccc(-c8ccccc8)cc7)n6)ccc5c4)cc3)c21. The predicted molar refractivity (Wildman–Crippen MR) is 539 cm³/mol. The van der Waals surface area contributed by atoms with E-state index in [1.165, 1.54) is 116 Å². The zero-order valence-corrected chi connectivity index (χ0v) is 72.3. The smallest absolute Gasteiger partial charge is 0.164 e. The molecule has 0 aliphatic heterocycles. The quantitative estimate of drug-likeness (QED) is 0.107. The van der Waals surface area contributed by atoms with Gasteiger partial charge in [-0.1, -0.05) is 428 Å². The summed E-state index contributed by atoms with van der Waals surface area (Å²) in [5.41, 5.74) is 38.2. The summed E-state index contributed by atoms with van der Waals surface area (Å²) in [6.45, 7) is 9.34. The molecule has 0 bridgehead atoms. The molecule has 22 aromatic rings. The number of pyridine rings is 2. The standard InChI is InChI=1S/C62H43N3.C61H42N4/c1-62(2)54-19-11-9-17-52(54)60-59(62)58(53-18-10-12-20-55(53)63-60)47-31-25-44(26-32-47)48-33-34-50-38-51(36-35-49(50)37-48)61-64-56(45-27-21-42(22-28-45)40-13-5-3-6-14-40)39-57(65-61)46-29-23-43(24-30-46)41-15-7-4-8-16-41;1-61(2)53-19-11-9-17-51(53)57-56(61)55(52-18-10-12-20-54(52)62-57)44-27-21-43(22-28-44)47-33-34-49-38-50(36-35-48(49)37-47)60-64-58(45-29-23-41(24-30-45)39-13-5-3-6-14-39)63-59(65-60)46-31-25-42(26-32-46)40-15-7-4-8-16-40/h3-39H,1-2H3;3-38H,1-2H3. The van der Waals surface area contributed by atoms with Gasteiger partial charge in [0.25, 0.3) is 0 Å². The number of hydrogen-bond donors (Lipinski definition) is 0. The van der Waals surface area contributed by atoms with Gasteiger partial charge in [0.2, 0.25) is 0 Å². The summed E-state index contributed by atoms with van der Waals surface area (Å²) in [7, 11) is 0. The minimum absolute atomic E-state index is 0.176. The van der Waals surface area contributed by atoms with Crippen molar-refractivity contribution in [2.75, 3.05) is 0 Å². The van der Waals surface area contributed by atoms with Crippen LogP contribution >= 0.6 is 0 Å². The Kier molecular flexibility index (Phi) is 19.5. The summed E-state index contributed by atoms with van der Waals surface area (Å²) in [5, 5.41) is 6.93. The van der Waals surface area contributed by atoms with E-state index >= 15 is 0 Å². The van der Waals surface area contributed by atoms with Gasteiger partial charge in [0.15, 0.2) is 23.3 Å². The maximum Gasteiger partial charge on any atom is 0.164 e. The van der Waals surface area contributed by atoms with Crippen molar-refractivity contribution in [1.29, 1.82) is 0 Å². The zero-order valence-electron chi connectivity index (χ0n) is 72.3. The van der Waals surface area contributed by atoms with Crippen LogP contribution in [0.3, 0.4) is 0 Å². The van der Waals surface area contributed by atoms with Crippen molar-refractivity contribution in [3.05, 3.63) is 465 Å². The van der Waals surface area contributed by atoms with E-state index in [1.807, 2.05) is 24.3 Å². The molecule has 612 valence electrons. The minimum atomic E-state index is -0.180. The van der Waals surface area contributed by atoms with Crippen molar-refractivity contribution in [3.8, 4) is 180 Å². The normalized spacial score (nSPS) is 12.6. The van der Waals surface area contributed by atoms with Crippen LogP contribution in [0.1, 0.15) is 49.9 Å². The molecule has 0 unspecified atom stereocenters. The molecule has 0 amide bonds. The Bertz CT molecular complexity index is 7430. The van der Waals surface area contributed by atoms with Crippen LogP contribution in [0.4, 0.5) is 0 Å². The van der Waals surface area contributed by atoms with Crippen molar-refractivity contribution < 1.29 is 0 Å². The lowest BCUT2D eigenvalue weighted by Gasteiger charge is -2.25. The topological polar surface area (TPSA) is 90.2 Å². The van der Waals surface area contributed by atoms with Crippen molar-refractivity contribution in [2.45, 2.75) is 38.5 Å². The van der Waals surface area contributed by atoms with Crippen molar-refractivity contribution in [3.63, 3.8) is 0 Å². The lowest BCUT2D eigenvalue weighted by Crippen LogP contribution is -2.16. The molecular weight excluding hydrogens is 1580 g/mol. The first-order valence-electron chi connectivity index (χ1n) is 44.5. The van der Waals surface area contributed by atoms with E-state index in [-0.39, 0.29) is 10.8 Å². The van der Waals surface area contributed by atoms with Crippen LogP contribution < -0.4 is 0 Å². The van der Waals surface area contributed by atoms with Crippen LogP contribution in [0.2, 0.25) is 0 Å². The first-order chi connectivity index (χ1) is 63.9. The maximum absolute atomic E-state index is 5.25. The first kappa shape index (κ1) is 78.1. The fourth-order valence-corrected chi connectivity index (χ4v) is 19.6. The molecule has 0 fully saturated rings. The second-order valence-corrected chi connectivity index (χ2v) is 35.0. The van der Waals surface area contributed by atoms with Gasteiger partial charge in [-0.25, -0.2) is 34.9 Å². The van der Waals surface area contributed by atoms with E-state index < -0.39 is 0 Å². The third-order valence-corrected chi connectivity index (χ3v) is 26.4. The maximum atomic E-state index is 5.25. The van der Waals surface area contributed by atoms with Gasteiger partial charge in [-0.3, -0.25) is 0 Å². The number of hydrogen-bond acceptors (Lipinski definition) is 7. The van der Waals surface area contributed by atoms with Crippen molar-refractivity contribution >= 4 is 43.4 Å². The zero-order chi connectivity index (χ0) is 87.0. The molecule has 130 heavy (non-hydrogen) atoms. The minimum Gasteiger partial charge on any atom is -0.247 e. The van der Waals surface area contributed by atoms with Gasteiger partial charge in [0.1, 0.15) is 0 Å². The Labute approximate surface area is 756 Å². The lowest BCUT2D eigenvalue weighted by atomic mass is 9.78. The molecule has 7 heteroatoms. The third kappa shape index (κ3) is 14.4. The highest BCUT2D eigenvalue weighted by Crippen LogP contribution is 2.56. The Balaban J connectivity index is 0.000000148. The highest BCUT2D eigenvalue weighted by Gasteiger charge is 2.41. The number of aromatic nitrogens is 7. The molecule has 0 atom stereocenters. The van der Waals surface area contributed by atoms with Gasteiger partial charge in [-0.2, -0.15) is 0 Å². The Hall–Kier alpha value is -16.6. The number of rotatable bonds is 14. The molecule has 24 rings (SSSR count). The number of fused-ring (bicyclic) bond motifs is 10. The molecule has 0 radical (unpaired) electrons. The van der Waals surface area contributed by atoms with E-state index in [0.717, 1.165) is 105 Å². The third-order valence-electron chi connectivity index (χ3n) is 26.4. The molecule has 0 saturated carbocycles. The van der Waals surface area contributed by atoms with Gasteiger partial charge in [-0.15, -0.1) is 0 Å². The molecule has 4 aromatic heterocycles. The summed E-state index contributed by atoms with van der Waals surface area (Å²) in [6, 6.07) is 158. The van der Waals surface area contributed by atoms with Crippen LogP contribution in [-0.4, -0.2) is 34.9 Å². The van der Waals surface area contributed by atoms with Crippen molar-refractivity contribution in [2.24, 2.45) is 0 Å². The highest BCUT2D eigenvalue weighted by molar-refractivity contribution is 6.05. The van der Waals surface area contributed by atoms with Crippen LogP contribution in [0, 0.1) is 0 Å². The molecule has 4 heterocycles. The summed E-state index contributed by atoms with van der Waals surface area (Å²) < 4.78 is 0. The average Bonchev–Trinajstić information content (AvgIpc) is 1.56. The van der Waals surface area contributed by atoms with Gasteiger partial charge in [-0.05, 0) is 175 Å². The van der Waals surface area contributed by atoms with Crippen LogP contribution in [-0.2, 0) is 10.8 Å². The van der Waals surface area contributed by atoms with Gasteiger partial charge < -0.3 is 0 Å². The van der Waals surface area contributed by atoms with Gasteiger partial charge in [0, 0.05) is 66.1 Å². The predicted octanol–water partition coefficient (Wildman–Crippen LogP) is 31.7. The average molecular weight is 1660 g/mol. The van der Waals surface area contributed by atoms with E-state index in [9.17, 15) is 0 Å². The number of para-hydroxylation sites is 2. The Morgan fingerprint density at radius 1 is 0.169 bits per heavy atom. The molecule has 0 saturated heterocycles. The lowest BCUT2D eigenvalue weighted by molar-refractivity contribution is 0.661. The molecule has 7 nitrogen and oxygen atoms in total. The molecule has 0 N–H and O–H groups in total. The van der Waals surface area contributed by atoms with E-state index in [4.69, 9.17) is 34.9 Å². The second-order valence-electron chi connectivity index (χ2n) is 35.0. The molecule has 18 aromatic carbocycles. The van der Waals surface area contributed by atoms with E-state index in [1.54, 1.807) is 0 Å². The van der Waals surface area contributed by atoms with Gasteiger partial charge in [0.05, 0.1) is 33.8 Å². The highest BCUT2D eigenvalue weighted by atomic mass is 15.0. The van der Waals surface area contributed by atoms with E-state index in [0.29, 0.717) is 23.3 Å². The first-order valence-corrected chi connectivity index (χ1v) is 44.5. The molecule has 0 spiro atoms. The summed E-state index contributed by atoms with van der Waals surface area (Å²) in [4.78, 5) is 36.2. The number of nitrogens with zero attached hydrogens (tertiary/aromatic N) is 7. The van der Waals surface area contributed by atoms with Crippen LogP contribution in [0.15, 0.2) is 443 Å². The Morgan fingerprint density at radius 3 is 0.754 bits per heavy atom. The number of benzene rings is 18. The molecular formula is C123H85N7. The van der Waals surface area contributed by atoms with E-state index in [2.05, 4.69) is 446 Å². The van der Waals surface area contributed by atoms with Crippen LogP contribution in [0.5, 0.6) is 0 Å². The Morgan fingerprint density at radius 2 is 0.408 bits per heavy atom. The molecule has 2 aliphatic carbocycles. The van der Waals surface area contributed by atoms with Gasteiger partial charge >= 0.3 is 0 Å². The molecule has 2 aliphatic rings. The largest absolute Gasteiger partial charge is 0.247 e. The fraction of sp³-hybridized carbons (Fsp3) is 0.0488. The fourth-order valence-electron chi connectivity index (χ4n) is 19.6. The van der Waals surface area contributed by atoms with Crippen LogP contribution in [0.25, 0.3) is 223 Å². The monoisotopic (exact) mass is 1660 g/mol. The second kappa shape index (κ2) is 32.4. The summed E-state index contributed by atoms with van der Waals surface area (Å²) in [6.07, 6.45) is 0. The summed E-state index contributed by atoms with van der Waals surface area (Å²) in [5.74, 6) is 2.59.